The van der Waals surface area contributed by atoms with Crippen molar-refractivity contribution in [3.8, 4) is 11.5 Å². The number of nitrogens with zero attached hydrogens (tertiary/aromatic N) is 1. The zero-order valence-electron chi connectivity index (χ0n) is 20.2. The van der Waals surface area contributed by atoms with Crippen LogP contribution >= 0.6 is 7.37 Å². The van der Waals surface area contributed by atoms with Gasteiger partial charge in [0.25, 0.3) is 7.37 Å². The van der Waals surface area contributed by atoms with Gasteiger partial charge in [-0.25, -0.2) is 0 Å². The third-order valence-corrected chi connectivity index (χ3v) is 9.54. The molecular formula is C26H36NO5P. The highest BCUT2D eigenvalue weighted by Gasteiger charge is 2.43. The largest absolute Gasteiger partial charge is 0.454 e. The van der Waals surface area contributed by atoms with Gasteiger partial charge in [-0.1, -0.05) is 33.3 Å². The number of anilines is 1. The van der Waals surface area contributed by atoms with E-state index in [4.69, 9.17) is 14.0 Å². The summed E-state index contributed by atoms with van der Waals surface area (Å²) in [5.41, 5.74) is 1.50. The molecule has 6 nitrogen and oxygen atoms in total. The molecule has 1 heterocycles. The Balaban J connectivity index is 1.73. The summed E-state index contributed by atoms with van der Waals surface area (Å²) < 4.78 is 32.1. The number of hydrogen-bond donors (Lipinski definition) is 1. The Bertz CT molecular complexity index is 1010. The summed E-state index contributed by atoms with van der Waals surface area (Å²) in [6.07, 6.45) is 2.87. The standard InChI is InChI=1S/C26H36NO5P/c1-17(2)22-12-6-18(3)14-24(22)32-33(29,21-10-8-20(9-11-21)27(4)5)26(28)19-7-13-23-25(15-19)31-16-30-23/h7-11,13,15,17-18,22,24,26,28H,6,12,14,16H2,1-5H3/t18-,22-,24-,26-,33-/m1/s1. The van der Waals surface area contributed by atoms with Crippen molar-refractivity contribution in [2.45, 2.75) is 52.0 Å². The molecule has 4 rings (SSSR count). The second-order valence-corrected chi connectivity index (χ2v) is 12.4. The molecule has 0 unspecified atom stereocenters. The van der Waals surface area contributed by atoms with Crippen LogP contribution < -0.4 is 19.7 Å². The lowest BCUT2D eigenvalue weighted by molar-refractivity contribution is 0.0427. The fourth-order valence-corrected chi connectivity index (χ4v) is 7.21. The number of benzene rings is 2. The maximum Gasteiger partial charge on any atom is 0.264 e. The molecule has 0 radical (unpaired) electrons. The monoisotopic (exact) mass is 473 g/mol. The van der Waals surface area contributed by atoms with Crippen molar-refractivity contribution in [2.75, 3.05) is 25.8 Å². The Morgan fingerprint density at radius 2 is 1.76 bits per heavy atom. The minimum absolute atomic E-state index is 0.144. The Kier molecular flexibility index (Phi) is 7.09. The summed E-state index contributed by atoms with van der Waals surface area (Å²) in [4.78, 5) is 1.99. The van der Waals surface area contributed by atoms with Crippen molar-refractivity contribution < 1.29 is 23.7 Å². The third kappa shape index (κ3) is 4.94. The number of fused-ring (bicyclic) bond motifs is 1. The molecule has 0 saturated heterocycles. The van der Waals surface area contributed by atoms with Gasteiger partial charge in [-0.05, 0) is 72.6 Å². The van der Waals surface area contributed by atoms with Crippen molar-refractivity contribution in [1.82, 2.24) is 0 Å². The predicted molar refractivity (Wildman–Crippen MR) is 132 cm³/mol. The first-order valence-electron chi connectivity index (χ1n) is 11.8. The molecule has 2 aromatic carbocycles. The molecule has 180 valence electrons. The number of aliphatic hydroxyl groups is 1. The summed E-state index contributed by atoms with van der Waals surface area (Å²) in [6, 6.07) is 12.7. The van der Waals surface area contributed by atoms with E-state index >= 15 is 0 Å². The van der Waals surface area contributed by atoms with E-state index in [1.54, 1.807) is 18.2 Å². The second kappa shape index (κ2) is 9.69. The zero-order chi connectivity index (χ0) is 23.8. The molecular weight excluding hydrogens is 437 g/mol. The molecule has 0 aromatic heterocycles. The van der Waals surface area contributed by atoms with Crippen LogP contribution in [0.5, 0.6) is 11.5 Å². The van der Waals surface area contributed by atoms with Crippen molar-refractivity contribution in [3.63, 3.8) is 0 Å². The molecule has 1 aliphatic carbocycles. The predicted octanol–water partition coefficient (Wildman–Crippen LogP) is 5.55. The molecule has 1 fully saturated rings. The summed E-state index contributed by atoms with van der Waals surface area (Å²) in [5, 5.41) is 12.1. The van der Waals surface area contributed by atoms with E-state index in [9.17, 15) is 9.67 Å². The van der Waals surface area contributed by atoms with Crippen molar-refractivity contribution in [3.05, 3.63) is 48.0 Å². The molecule has 0 amide bonds. The highest BCUT2D eigenvalue weighted by atomic mass is 31.2. The lowest BCUT2D eigenvalue weighted by Gasteiger charge is -2.40. The van der Waals surface area contributed by atoms with Crippen LogP contribution in [0.4, 0.5) is 5.69 Å². The molecule has 2 aliphatic rings. The van der Waals surface area contributed by atoms with Crippen LogP contribution in [0.25, 0.3) is 0 Å². The van der Waals surface area contributed by atoms with Gasteiger partial charge in [0.05, 0.1) is 6.10 Å². The first-order valence-corrected chi connectivity index (χ1v) is 13.5. The Morgan fingerprint density at radius 1 is 1.06 bits per heavy atom. The van der Waals surface area contributed by atoms with E-state index in [2.05, 4.69) is 20.8 Å². The fraction of sp³-hybridized carbons (Fsp3) is 0.538. The summed E-state index contributed by atoms with van der Waals surface area (Å²) >= 11 is 0. The topological polar surface area (TPSA) is 68.2 Å². The van der Waals surface area contributed by atoms with Crippen molar-refractivity contribution in [1.29, 1.82) is 0 Å². The average Bonchev–Trinajstić information content (AvgIpc) is 3.26. The SMILES string of the molecule is CC(C)[C@H]1CC[C@@H](C)C[C@H]1O[P@](=O)(c1ccc(N(C)C)cc1)[C@@H](O)c1ccc2c(c1)OCO2. The van der Waals surface area contributed by atoms with Gasteiger partial charge in [0.1, 0.15) is 0 Å². The van der Waals surface area contributed by atoms with Crippen LogP contribution in [-0.4, -0.2) is 32.1 Å². The second-order valence-electron chi connectivity index (χ2n) is 9.96. The van der Waals surface area contributed by atoms with Crippen LogP contribution in [0.2, 0.25) is 0 Å². The maximum atomic E-state index is 14.7. The van der Waals surface area contributed by atoms with Crippen LogP contribution in [-0.2, 0) is 9.09 Å². The molecule has 5 atom stereocenters. The summed E-state index contributed by atoms with van der Waals surface area (Å²) in [7, 11) is 0.232. The third-order valence-electron chi connectivity index (χ3n) is 7.00. The van der Waals surface area contributed by atoms with Crippen molar-refractivity contribution >= 4 is 18.4 Å². The molecule has 2 aromatic rings. The minimum atomic E-state index is -3.69. The Hall–Kier alpha value is -2.01. The van der Waals surface area contributed by atoms with Gasteiger partial charge < -0.3 is 24.0 Å². The maximum absolute atomic E-state index is 14.7. The minimum Gasteiger partial charge on any atom is -0.454 e. The Morgan fingerprint density at radius 3 is 2.42 bits per heavy atom. The summed E-state index contributed by atoms with van der Waals surface area (Å²) in [6.45, 7) is 6.76. The molecule has 0 bridgehead atoms. The molecule has 33 heavy (non-hydrogen) atoms. The molecule has 1 saturated carbocycles. The van der Waals surface area contributed by atoms with E-state index in [0.29, 0.717) is 40.1 Å². The normalized spacial score (nSPS) is 25.0. The number of aliphatic hydroxyl groups excluding tert-OH is 1. The highest BCUT2D eigenvalue weighted by Crippen LogP contribution is 2.61. The van der Waals surface area contributed by atoms with Gasteiger partial charge in [0.15, 0.2) is 17.3 Å². The van der Waals surface area contributed by atoms with Crippen LogP contribution in [0.1, 0.15) is 51.4 Å². The molecule has 1 aliphatic heterocycles. The van der Waals surface area contributed by atoms with Crippen molar-refractivity contribution in [2.24, 2.45) is 17.8 Å². The Labute approximate surface area is 197 Å². The first kappa shape index (κ1) is 24.1. The van der Waals surface area contributed by atoms with E-state index in [0.717, 1.165) is 24.9 Å². The lowest BCUT2D eigenvalue weighted by atomic mass is 9.75. The van der Waals surface area contributed by atoms with E-state index in [1.165, 1.54) is 0 Å². The number of ether oxygens (including phenoxy) is 2. The van der Waals surface area contributed by atoms with Crippen LogP contribution in [0.15, 0.2) is 42.5 Å². The number of hydrogen-bond acceptors (Lipinski definition) is 6. The van der Waals surface area contributed by atoms with Crippen LogP contribution in [0.3, 0.4) is 0 Å². The van der Waals surface area contributed by atoms with Gasteiger partial charge in [0, 0.05) is 25.1 Å². The smallest absolute Gasteiger partial charge is 0.264 e. The van der Waals surface area contributed by atoms with Gasteiger partial charge >= 0.3 is 0 Å². The van der Waals surface area contributed by atoms with Gasteiger partial charge in [-0.15, -0.1) is 0 Å². The molecule has 0 spiro atoms. The van der Waals surface area contributed by atoms with Gasteiger partial charge in [-0.3, -0.25) is 4.57 Å². The highest BCUT2D eigenvalue weighted by molar-refractivity contribution is 7.67. The molecule has 1 N–H and O–H groups in total. The summed E-state index contributed by atoms with van der Waals surface area (Å²) in [5.74, 6) is 1.08. The van der Waals surface area contributed by atoms with Crippen LogP contribution in [0, 0.1) is 17.8 Å². The van der Waals surface area contributed by atoms with E-state index in [1.807, 2.05) is 43.3 Å². The van der Waals surface area contributed by atoms with E-state index in [-0.39, 0.29) is 12.9 Å². The zero-order valence-corrected chi connectivity index (χ0v) is 21.1. The fourth-order valence-electron chi connectivity index (χ4n) is 4.93. The number of rotatable bonds is 7. The van der Waals surface area contributed by atoms with Gasteiger partial charge in [-0.2, -0.15) is 0 Å². The lowest BCUT2D eigenvalue weighted by Crippen LogP contribution is -2.35. The molecule has 7 heteroatoms. The van der Waals surface area contributed by atoms with Gasteiger partial charge in [0.2, 0.25) is 6.79 Å². The average molecular weight is 474 g/mol. The van der Waals surface area contributed by atoms with E-state index < -0.39 is 13.2 Å². The first-order chi connectivity index (χ1) is 15.7. The quantitative estimate of drug-likeness (QED) is 0.532.